The SMILES string of the molecule is Cc1cc(SCC(=O)NC(C)c2nn[nH]n2)c(C)cc1Br. The average Bonchev–Trinajstić information content (AvgIpc) is 2.95. The summed E-state index contributed by atoms with van der Waals surface area (Å²) in [5, 5.41) is 16.4. The third kappa shape index (κ3) is 4.28. The molecule has 2 rings (SSSR count). The standard InChI is InChI=1S/C13H16BrN5OS/c1-7-5-11(8(2)4-10(7)14)21-6-12(20)15-9(3)13-16-18-19-17-13/h4-5,9H,6H2,1-3H3,(H,15,20)(H,16,17,18,19). The molecule has 0 aliphatic rings. The summed E-state index contributed by atoms with van der Waals surface area (Å²) in [7, 11) is 0. The van der Waals surface area contributed by atoms with E-state index >= 15 is 0 Å². The van der Waals surface area contributed by atoms with Gasteiger partial charge in [-0.05, 0) is 44.0 Å². The molecule has 1 aromatic heterocycles. The molecule has 1 heterocycles. The van der Waals surface area contributed by atoms with E-state index < -0.39 is 0 Å². The van der Waals surface area contributed by atoms with E-state index in [9.17, 15) is 4.79 Å². The van der Waals surface area contributed by atoms with Crippen molar-refractivity contribution < 1.29 is 4.79 Å². The molecule has 6 nitrogen and oxygen atoms in total. The van der Waals surface area contributed by atoms with Crippen LogP contribution in [0.1, 0.15) is 29.9 Å². The minimum absolute atomic E-state index is 0.0581. The van der Waals surface area contributed by atoms with Crippen molar-refractivity contribution >= 4 is 33.6 Å². The van der Waals surface area contributed by atoms with Crippen molar-refractivity contribution in [3.8, 4) is 0 Å². The number of aromatic nitrogens is 4. The molecule has 21 heavy (non-hydrogen) atoms. The maximum atomic E-state index is 12.0. The summed E-state index contributed by atoms with van der Waals surface area (Å²) in [5.41, 5.74) is 2.31. The highest BCUT2D eigenvalue weighted by molar-refractivity contribution is 9.10. The third-order valence-corrected chi connectivity index (χ3v) is 4.95. The van der Waals surface area contributed by atoms with Crippen molar-refractivity contribution in [2.24, 2.45) is 0 Å². The van der Waals surface area contributed by atoms with Gasteiger partial charge < -0.3 is 5.32 Å². The minimum atomic E-state index is -0.260. The molecule has 0 saturated carbocycles. The Balaban J connectivity index is 1.91. The number of hydrogen-bond donors (Lipinski definition) is 2. The van der Waals surface area contributed by atoms with E-state index in [2.05, 4.69) is 54.0 Å². The molecule has 0 aliphatic carbocycles. The van der Waals surface area contributed by atoms with Crippen molar-refractivity contribution in [1.82, 2.24) is 25.9 Å². The number of nitrogens with zero attached hydrogens (tertiary/aromatic N) is 3. The summed E-state index contributed by atoms with van der Waals surface area (Å²) in [6.45, 7) is 5.89. The molecule has 2 N–H and O–H groups in total. The number of rotatable bonds is 5. The molecule has 1 atom stereocenters. The van der Waals surface area contributed by atoms with Gasteiger partial charge in [-0.15, -0.1) is 22.0 Å². The van der Waals surface area contributed by atoms with Gasteiger partial charge in [0, 0.05) is 9.37 Å². The Kier molecular flexibility index (Phi) is 5.35. The van der Waals surface area contributed by atoms with Crippen LogP contribution in [0.2, 0.25) is 0 Å². The molecule has 0 radical (unpaired) electrons. The molecule has 112 valence electrons. The zero-order valence-electron chi connectivity index (χ0n) is 12.0. The Morgan fingerprint density at radius 3 is 2.86 bits per heavy atom. The summed E-state index contributed by atoms with van der Waals surface area (Å²) in [4.78, 5) is 13.1. The van der Waals surface area contributed by atoms with Gasteiger partial charge in [0.15, 0.2) is 5.82 Å². The number of thioether (sulfide) groups is 1. The maximum Gasteiger partial charge on any atom is 0.230 e. The van der Waals surface area contributed by atoms with E-state index in [4.69, 9.17) is 0 Å². The zero-order valence-corrected chi connectivity index (χ0v) is 14.4. The molecule has 1 unspecified atom stereocenters. The number of nitrogens with one attached hydrogen (secondary N) is 2. The smallest absolute Gasteiger partial charge is 0.230 e. The molecular weight excluding hydrogens is 354 g/mol. The predicted molar refractivity (Wildman–Crippen MR) is 85.1 cm³/mol. The Labute approximate surface area is 135 Å². The highest BCUT2D eigenvalue weighted by Crippen LogP contribution is 2.28. The first kappa shape index (κ1) is 16.0. The van der Waals surface area contributed by atoms with Crippen molar-refractivity contribution in [2.45, 2.75) is 31.7 Å². The number of amides is 1. The second kappa shape index (κ2) is 7.04. The van der Waals surface area contributed by atoms with E-state index in [1.165, 1.54) is 11.8 Å². The van der Waals surface area contributed by atoms with Gasteiger partial charge in [-0.25, -0.2) is 0 Å². The molecular formula is C13H16BrN5OS. The van der Waals surface area contributed by atoms with Gasteiger partial charge in [-0.1, -0.05) is 21.1 Å². The fourth-order valence-electron chi connectivity index (χ4n) is 1.75. The van der Waals surface area contributed by atoms with Crippen LogP contribution in [-0.4, -0.2) is 32.3 Å². The van der Waals surface area contributed by atoms with Gasteiger partial charge in [-0.2, -0.15) is 5.21 Å². The van der Waals surface area contributed by atoms with Crippen LogP contribution < -0.4 is 5.32 Å². The van der Waals surface area contributed by atoms with Crippen molar-refractivity contribution in [1.29, 1.82) is 0 Å². The lowest BCUT2D eigenvalue weighted by Crippen LogP contribution is -2.28. The number of H-pyrrole nitrogens is 1. The number of carbonyl (C=O) groups excluding carboxylic acids is 1. The molecule has 1 amide bonds. The minimum Gasteiger partial charge on any atom is -0.345 e. The second-order valence-corrected chi connectivity index (χ2v) is 6.59. The zero-order chi connectivity index (χ0) is 15.4. The lowest BCUT2D eigenvalue weighted by atomic mass is 10.2. The van der Waals surface area contributed by atoms with Gasteiger partial charge >= 0.3 is 0 Å². The van der Waals surface area contributed by atoms with Crippen LogP contribution in [0.4, 0.5) is 0 Å². The quantitative estimate of drug-likeness (QED) is 0.791. The lowest BCUT2D eigenvalue weighted by Gasteiger charge is -2.11. The van der Waals surface area contributed by atoms with Crippen LogP contribution in [-0.2, 0) is 4.79 Å². The van der Waals surface area contributed by atoms with Crippen LogP contribution in [0.5, 0.6) is 0 Å². The highest BCUT2D eigenvalue weighted by atomic mass is 79.9. The van der Waals surface area contributed by atoms with E-state index in [0.29, 0.717) is 11.6 Å². The molecule has 0 spiro atoms. The van der Waals surface area contributed by atoms with Crippen LogP contribution in [0.15, 0.2) is 21.5 Å². The molecule has 0 bridgehead atoms. The van der Waals surface area contributed by atoms with Gasteiger partial charge in [-0.3, -0.25) is 4.79 Å². The predicted octanol–water partition coefficient (Wildman–Crippen LogP) is 2.55. The van der Waals surface area contributed by atoms with Crippen LogP contribution in [0, 0.1) is 13.8 Å². The van der Waals surface area contributed by atoms with Crippen LogP contribution >= 0.6 is 27.7 Å². The lowest BCUT2D eigenvalue weighted by molar-refractivity contribution is -0.119. The fraction of sp³-hybridized carbons (Fsp3) is 0.385. The first-order valence-electron chi connectivity index (χ1n) is 6.39. The second-order valence-electron chi connectivity index (χ2n) is 4.71. The first-order chi connectivity index (χ1) is 9.97. The number of aryl methyl sites for hydroxylation is 2. The van der Waals surface area contributed by atoms with E-state index in [-0.39, 0.29) is 11.9 Å². The molecule has 0 aliphatic heterocycles. The molecule has 2 aromatic rings. The summed E-state index contributed by atoms with van der Waals surface area (Å²) >= 11 is 5.02. The molecule has 0 fully saturated rings. The fourth-order valence-corrected chi connectivity index (χ4v) is 3.13. The van der Waals surface area contributed by atoms with E-state index in [1.54, 1.807) is 0 Å². The largest absolute Gasteiger partial charge is 0.345 e. The van der Waals surface area contributed by atoms with Crippen LogP contribution in [0.3, 0.4) is 0 Å². The van der Waals surface area contributed by atoms with Crippen molar-refractivity contribution in [2.75, 3.05) is 5.75 Å². The summed E-state index contributed by atoms with van der Waals surface area (Å²) in [6.07, 6.45) is 0. The number of aromatic amines is 1. The topological polar surface area (TPSA) is 83.6 Å². The van der Waals surface area contributed by atoms with Gasteiger partial charge in [0.1, 0.15) is 0 Å². The van der Waals surface area contributed by atoms with Crippen LogP contribution in [0.25, 0.3) is 0 Å². The van der Waals surface area contributed by atoms with Gasteiger partial charge in [0.25, 0.3) is 0 Å². The third-order valence-electron chi connectivity index (χ3n) is 2.94. The maximum absolute atomic E-state index is 12.0. The molecule has 8 heteroatoms. The van der Waals surface area contributed by atoms with Gasteiger partial charge in [0.05, 0.1) is 11.8 Å². The normalized spacial score (nSPS) is 12.2. The number of tetrazole rings is 1. The number of benzene rings is 1. The Hall–Kier alpha value is -1.41. The number of carbonyl (C=O) groups is 1. The Morgan fingerprint density at radius 1 is 1.43 bits per heavy atom. The first-order valence-corrected chi connectivity index (χ1v) is 8.17. The summed E-state index contributed by atoms with van der Waals surface area (Å²) in [5.74, 6) is 0.769. The number of halogens is 1. The Bertz CT molecular complexity index is 632. The molecule has 0 saturated heterocycles. The monoisotopic (exact) mass is 369 g/mol. The average molecular weight is 370 g/mol. The van der Waals surface area contributed by atoms with Crippen molar-refractivity contribution in [3.05, 3.63) is 33.6 Å². The number of hydrogen-bond acceptors (Lipinski definition) is 5. The van der Waals surface area contributed by atoms with Crippen molar-refractivity contribution in [3.63, 3.8) is 0 Å². The Morgan fingerprint density at radius 2 is 2.19 bits per heavy atom. The highest BCUT2D eigenvalue weighted by Gasteiger charge is 2.14. The summed E-state index contributed by atoms with van der Waals surface area (Å²) in [6, 6.07) is 3.89. The van der Waals surface area contributed by atoms with E-state index in [0.717, 1.165) is 20.5 Å². The molecule has 1 aromatic carbocycles. The van der Waals surface area contributed by atoms with E-state index in [1.807, 2.05) is 20.8 Å². The summed E-state index contributed by atoms with van der Waals surface area (Å²) < 4.78 is 1.08. The van der Waals surface area contributed by atoms with Gasteiger partial charge in [0.2, 0.25) is 5.91 Å².